The number of rotatable bonds is 1. The summed E-state index contributed by atoms with van der Waals surface area (Å²) in [6, 6.07) is 1.22. The molecule has 1 aliphatic carbocycles. The molecule has 2 aliphatic rings. The zero-order valence-corrected chi connectivity index (χ0v) is 7.50. The minimum Gasteiger partial charge on any atom is -0.314 e. The molecule has 1 aliphatic heterocycles. The van der Waals surface area contributed by atoms with Gasteiger partial charge in [0.15, 0.2) is 0 Å². The average molecular weight is 164 g/mol. The summed E-state index contributed by atoms with van der Waals surface area (Å²) in [5.41, 5.74) is 0. The number of hydrogen-bond acceptors (Lipinski definition) is 1. The van der Waals surface area contributed by atoms with Gasteiger partial charge in [-0.15, -0.1) is 0 Å². The van der Waals surface area contributed by atoms with Crippen molar-refractivity contribution < 1.29 is 0 Å². The largest absolute Gasteiger partial charge is 0.314 e. The van der Waals surface area contributed by atoms with Gasteiger partial charge < -0.3 is 4.85 Å². The van der Waals surface area contributed by atoms with E-state index < -0.39 is 0 Å². The van der Waals surface area contributed by atoms with Crippen molar-refractivity contribution in [3.8, 4) is 0 Å². The second-order valence-electron chi connectivity index (χ2n) is 3.98. The smallest absolute Gasteiger partial charge is 0.226 e. The van der Waals surface area contributed by atoms with E-state index in [1.807, 2.05) is 0 Å². The quantitative estimate of drug-likeness (QED) is 0.537. The van der Waals surface area contributed by atoms with Crippen molar-refractivity contribution in [1.82, 2.24) is 4.90 Å². The van der Waals surface area contributed by atoms with Crippen LogP contribution >= 0.6 is 0 Å². The second-order valence-corrected chi connectivity index (χ2v) is 3.98. The van der Waals surface area contributed by atoms with E-state index in [4.69, 9.17) is 6.57 Å². The van der Waals surface area contributed by atoms with Crippen LogP contribution in [0.5, 0.6) is 0 Å². The van der Waals surface area contributed by atoms with Crippen LogP contribution in [0.1, 0.15) is 32.1 Å². The highest BCUT2D eigenvalue weighted by Crippen LogP contribution is 2.27. The molecule has 1 saturated heterocycles. The summed E-state index contributed by atoms with van der Waals surface area (Å²) >= 11 is 0. The van der Waals surface area contributed by atoms with Crippen molar-refractivity contribution in [2.75, 3.05) is 13.1 Å². The lowest BCUT2D eigenvalue weighted by Gasteiger charge is -2.39. The lowest BCUT2D eigenvalue weighted by Crippen LogP contribution is -2.45. The first-order chi connectivity index (χ1) is 5.90. The summed E-state index contributed by atoms with van der Waals surface area (Å²) in [6.07, 6.45) is 6.46. The Bertz CT molecular complexity index is 183. The summed E-state index contributed by atoms with van der Waals surface area (Å²) in [5.74, 6) is 0. The Kier molecular flexibility index (Phi) is 2.32. The number of piperidine rings is 1. The Balaban J connectivity index is 1.78. The minimum atomic E-state index is 0.335. The van der Waals surface area contributed by atoms with E-state index in [1.54, 1.807) is 0 Å². The van der Waals surface area contributed by atoms with Crippen LogP contribution in [-0.4, -0.2) is 30.1 Å². The number of likely N-dealkylation sites (tertiary alicyclic amines) is 1. The number of hydrogen-bond donors (Lipinski definition) is 0. The molecule has 0 bridgehead atoms. The SMILES string of the molecule is [C-]#[N+]C1CCN(C2CCC2)CC1. The number of nitrogens with zero attached hydrogens (tertiary/aromatic N) is 2. The fourth-order valence-corrected chi connectivity index (χ4v) is 2.13. The van der Waals surface area contributed by atoms with Crippen LogP contribution in [0, 0.1) is 6.57 Å². The predicted molar refractivity (Wildman–Crippen MR) is 48.8 cm³/mol. The van der Waals surface area contributed by atoms with Crippen LogP contribution in [0.2, 0.25) is 0 Å². The Morgan fingerprint density at radius 1 is 1.08 bits per heavy atom. The second kappa shape index (κ2) is 3.45. The zero-order valence-electron chi connectivity index (χ0n) is 7.50. The molecular formula is C10H16N2. The first-order valence-corrected chi connectivity index (χ1v) is 5.01. The molecule has 0 unspecified atom stereocenters. The van der Waals surface area contributed by atoms with Crippen LogP contribution in [0.3, 0.4) is 0 Å². The van der Waals surface area contributed by atoms with Gasteiger partial charge in [0.25, 0.3) is 0 Å². The van der Waals surface area contributed by atoms with Crippen molar-refractivity contribution >= 4 is 0 Å². The predicted octanol–water partition coefficient (Wildman–Crippen LogP) is 1.92. The zero-order chi connectivity index (χ0) is 8.39. The Labute approximate surface area is 74.4 Å². The molecule has 0 amide bonds. The van der Waals surface area contributed by atoms with E-state index in [0.29, 0.717) is 6.04 Å². The molecule has 1 saturated carbocycles. The summed E-state index contributed by atoms with van der Waals surface area (Å²) in [5, 5.41) is 0. The Morgan fingerprint density at radius 3 is 2.17 bits per heavy atom. The van der Waals surface area contributed by atoms with Crippen molar-refractivity contribution in [2.24, 2.45) is 0 Å². The molecule has 2 rings (SSSR count). The van der Waals surface area contributed by atoms with Gasteiger partial charge >= 0.3 is 0 Å². The summed E-state index contributed by atoms with van der Waals surface area (Å²) in [6.45, 7) is 9.29. The van der Waals surface area contributed by atoms with Gasteiger partial charge in [0, 0.05) is 32.0 Å². The molecule has 0 spiro atoms. The third kappa shape index (κ3) is 1.47. The van der Waals surface area contributed by atoms with Crippen LogP contribution in [0.15, 0.2) is 0 Å². The maximum absolute atomic E-state index is 6.94. The molecular weight excluding hydrogens is 148 g/mol. The molecule has 0 radical (unpaired) electrons. The topological polar surface area (TPSA) is 7.60 Å². The summed E-state index contributed by atoms with van der Waals surface area (Å²) in [4.78, 5) is 6.20. The van der Waals surface area contributed by atoms with Gasteiger partial charge in [-0.05, 0) is 12.8 Å². The lowest BCUT2D eigenvalue weighted by molar-refractivity contribution is 0.103. The van der Waals surface area contributed by atoms with Crippen LogP contribution in [-0.2, 0) is 0 Å². The van der Waals surface area contributed by atoms with Crippen molar-refractivity contribution in [2.45, 2.75) is 44.2 Å². The van der Waals surface area contributed by atoms with Gasteiger partial charge in [-0.25, -0.2) is 6.57 Å². The molecule has 66 valence electrons. The third-order valence-corrected chi connectivity index (χ3v) is 3.27. The van der Waals surface area contributed by atoms with Gasteiger partial charge in [-0.3, -0.25) is 4.90 Å². The highest BCUT2D eigenvalue weighted by atomic mass is 15.2. The van der Waals surface area contributed by atoms with Gasteiger partial charge in [0.2, 0.25) is 6.04 Å². The van der Waals surface area contributed by atoms with Crippen LogP contribution in [0.25, 0.3) is 4.85 Å². The van der Waals surface area contributed by atoms with E-state index in [-0.39, 0.29) is 0 Å². The minimum absolute atomic E-state index is 0.335. The first kappa shape index (κ1) is 8.07. The molecule has 0 aromatic carbocycles. The molecule has 2 fully saturated rings. The standard InChI is InChI=1S/C10H16N2/c1-11-9-5-7-12(8-6-9)10-3-2-4-10/h9-10H,2-8H2. The summed E-state index contributed by atoms with van der Waals surface area (Å²) in [7, 11) is 0. The van der Waals surface area contributed by atoms with Crippen LogP contribution in [0.4, 0.5) is 0 Å². The molecule has 0 atom stereocenters. The van der Waals surface area contributed by atoms with Gasteiger partial charge in [-0.2, -0.15) is 0 Å². The van der Waals surface area contributed by atoms with E-state index in [0.717, 1.165) is 18.9 Å². The van der Waals surface area contributed by atoms with E-state index in [2.05, 4.69) is 9.74 Å². The summed E-state index contributed by atoms with van der Waals surface area (Å²) < 4.78 is 0. The maximum Gasteiger partial charge on any atom is 0.226 e. The Hall–Kier alpha value is -0.550. The van der Waals surface area contributed by atoms with Crippen molar-refractivity contribution in [3.05, 3.63) is 11.4 Å². The van der Waals surface area contributed by atoms with Crippen molar-refractivity contribution in [3.63, 3.8) is 0 Å². The molecule has 2 heteroatoms. The molecule has 1 heterocycles. The first-order valence-electron chi connectivity index (χ1n) is 5.01. The average Bonchev–Trinajstić information content (AvgIpc) is 2.03. The van der Waals surface area contributed by atoms with Crippen LogP contribution < -0.4 is 0 Å². The molecule has 0 aromatic rings. The van der Waals surface area contributed by atoms with Gasteiger partial charge in [0.05, 0.1) is 0 Å². The molecule has 12 heavy (non-hydrogen) atoms. The monoisotopic (exact) mass is 164 g/mol. The third-order valence-electron chi connectivity index (χ3n) is 3.27. The van der Waals surface area contributed by atoms with E-state index >= 15 is 0 Å². The highest BCUT2D eigenvalue weighted by Gasteiger charge is 2.30. The fraction of sp³-hybridized carbons (Fsp3) is 0.900. The molecule has 2 nitrogen and oxygen atoms in total. The highest BCUT2D eigenvalue weighted by molar-refractivity contribution is 4.89. The van der Waals surface area contributed by atoms with Gasteiger partial charge in [-0.1, -0.05) is 6.42 Å². The molecule has 0 aromatic heterocycles. The lowest BCUT2D eigenvalue weighted by atomic mass is 9.89. The van der Waals surface area contributed by atoms with E-state index in [9.17, 15) is 0 Å². The maximum atomic E-state index is 6.94. The van der Waals surface area contributed by atoms with E-state index in [1.165, 1.54) is 32.4 Å². The van der Waals surface area contributed by atoms with Crippen molar-refractivity contribution in [1.29, 1.82) is 0 Å². The fourth-order valence-electron chi connectivity index (χ4n) is 2.13. The normalized spacial score (nSPS) is 27.9. The Morgan fingerprint density at radius 2 is 1.75 bits per heavy atom. The molecule has 0 N–H and O–H groups in total. The van der Waals surface area contributed by atoms with Gasteiger partial charge in [0.1, 0.15) is 0 Å².